The minimum atomic E-state index is -0.129. The van der Waals surface area contributed by atoms with Crippen molar-refractivity contribution in [1.29, 1.82) is 0 Å². The van der Waals surface area contributed by atoms with Gasteiger partial charge in [0.15, 0.2) is 0 Å². The Bertz CT molecular complexity index is 925. The molecule has 8 atom stereocenters. The van der Waals surface area contributed by atoms with Crippen LogP contribution in [0.5, 0.6) is 0 Å². The van der Waals surface area contributed by atoms with Crippen LogP contribution in [0, 0.1) is 41.4 Å². The van der Waals surface area contributed by atoms with Crippen LogP contribution in [0.2, 0.25) is 0 Å². The Morgan fingerprint density at radius 2 is 1.87 bits per heavy atom. The van der Waals surface area contributed by atoms with Gasteiger partial charge in [-0.05, 0) is 99.8 Å². The highest BCUT2D eigenvalue weighted by Gasteiger charge is 2.47. The van der Waals surface area contributed by atoms with Gasteiger partial charge in [-0.15, -0.1) is 0 Å². The van der Waals surface area contributed by atoms with E-state index >= 15 is 0 Å². The molecule has 6 rings (SSSR count). The van der Waals surface area contributed by atoms with Crippen molar-refractivity contribution in [2.45, 2.75) is 83.8 Å². The number of hydrogen-bond acceptors (Lipinski definition) is 5. The molecule has 0 radical (unpaired) electrons. The molecule has 0 aromatic heterocycles. The number of aliphatic hydroxyl groups excluding tert-OH is 1. The van der Waals surface area contributed by atoms with Crippen molar-refractivity contribution < 1.29 is 9.84 Å². The fraction of sp³-hybridized carbons (Fsp3) is 0.818. The van der Waals surface area contributed by atoms with E-state index in [0.717, 1.165) is 55.6 Å². The number of likely N-dealkylation sites (tertiary alicyclic amines) is 1. The first kappa shape index (κ1) is 26.9. The summed E-state index contributed by atoms with van der Waals surface area (Å²) < 4.78 is 6.08. The van der Waals surface area contributed by atoms with Crippen LogP contribution < -0.4 is 5.32 Å². The first-order valence-corrected chi connectivity index (χ1v) is 16.0. The summed E-state index contributed by atoms with van der Waals surface area (Å²) in [4.78, 5) is 5.26. The molecule has 0 spiro atoms. The van der Waals surface area contributed by atoms with Gasteiger partial charge in [-0.25, -0.2) is 0 Å². The zero-order chi connectivity index (χ0) is 26.4. The van der Waals surface area contributed by atoms with Crippen LogP contribution in [0.1, 0.15) is 71.6 Å². The number of allylic oxidation sites excluding steroid dienone is 1. The standard InChI is InChI=1S/C33H53N3O2/c1-21-9-12-35(17-21)20-30(24(4)37)34-23(3)32-22(2)15-28-19-36(13-10-29(28)33(32)27-7-8-27)18-25-5-6-26-11-14-38-31(26)16-25/h21-22,25-27,30-34,37H,3-20H2,1-2H3/t21?,22?,25?,26-,30+,31?,32-,33?/m1/s1. The van der Waals surface area contributed by atoms with Crippen molar-refractivity contribution in [3.05, 3.63) is 35.8 Å². The smallest absolute Gasteiger partial charge is 0.109 e. The zero-order valence-electron chi connectivity index (χ0n) is 24.2. The molecular formula is C33H53N3O2. The molecule has 0 amide bonds. The van der Waals surface area contributed by atoms with Gasteiger partial charge >= 0.3 is 0 Å². The summed E-state index contributed by atoms with van der Waals surface area (Å²) >= 11 is 0. The lowest BCUT2D eigenvalue weighted by Gasteiger charge is -2.46. The van der Waals surface area contributed by atoms with Gasteiger partial charge < -0.3 is 20.1 Å². The van der Waals surface area contributed by atoms with E-state index < -0.39 is 0 Å². The third kappa shape index (κ3) is 5.76. The van der Waals surface area contributed by atoms with Gasteiger partial charge in [0.25, 0.3) is 0 Å². The third-order valence-corrected chi connectivity index (χ3v) is 11.2. The molecule has 3 aliphatic carbocycles. The van der Waals surface area contributed by atoms with E-state index in [9.17, 15) is 5.11 Å². The Hall–Kier alpha value is -1.30. The second-order valence-electron chi connectivity index (χ2n) is 14.2. The number of rotatable bonds is 9. The van der Waals surface area contributed by atoms with E-state index in [-0.39, 0.29) is 11.8 Å². The fourth-order valence-electron chi connectivity index (χ4n) is 9.05. The first-order chi connectivity index (χ1) is 18.4. The topological polar surface area (TPSA) is 48.0 Å². The van der Waals surface area contributed by atoms with Crippen molar-refractivity contribution in [3.63, 3.8) is 0 Å². The maximum absolute atomic E-state index is 10.5. The molecule has 5 nitrogen and oxygen atoms in total. The average molecular weight is 524 g/mol. The van der Waals surface area contributed by atoms with Crippen LogP contribution in [0.25, 0.3) is 0 Å². The molecule has 2 N–H and O–H groups in total. The maximum Gasteiger partial charge on any atom is 0.109 e. The van der Waals surface area contributed by atoms with E-state index in [0.29, 0.717) is 23.9 Å². The van der Waals surface area contributed by atoms with E-state index in [1.807, 2.05) is 0 Å². The van der Waals surface area contributed by atoms with E-state index in [2.05, 4.69) is 42.1 Å². The predicted molar refractivity (Wildman–Crippen MR) is 155 cm³/mol. The lowest BCUT2D eigenvalue weighted by Crippen LogP contribution is -2.46. The molecule has 3 aliphatic heterocycles. The largest absolute Gasteiger partial charge is 0.511 e. The van der Waals surface area contributed by atoms with Crippen LogP contribution in [0.3, 0.4) is 0 Å². The van der Waals surface area contributed by atoms with E-state index in [4.69, 9.17) is 4.74 Å². The molecule has 3 heterocycles. The lowest BCUT2D eigenvalue weighted by molar-refractivity contribution is 0.0366. The lowest BCUT2D eigenvalue weighted by atomic mass is 9.64. The molecule has 0 bridgehead atoms. The average Bonchev–Trinajstić information content (AvgIpc) is 3.47. The molecule has 5 heteroatoms. The van der Waals surface area contributed by atoms with Crippen LogP contribution >= 0.6 is 0 Å². The molecule has 38 heavy (non-hydrogen) atoms. The molecule has 5 unspecified atom stereocenters. The van der Waals surface area contributed by atoms with E-state index in [1.165, 1.54) is 77.4 Å². The Kier molecular flexibility index (Phi) is 7.99. The summed E-state index contributed by atoms with van der Waals surface area (Å²) in [6, 6.07) is -0.129. The quantitative estimate of drug-likeness (QED) is 0.297. The molecule has 6 aliphatic rings. The SMILES string of the molecule is C=C(N[C@@H](CN1CCC(C)C1)C(=C)O)[C@H]1C(C)CC2=C(CCN(CC3CC[C@@H]4CCOC4C3)C2)C1C1CC1. The maximum atomic E-state index is 10.5. The number of hydrogen-bond donors (Lipinski definition) is 2. The Labute approximate surface area is 231 Å². The first-order valence-electron chi connectivity index (χ1n) is 16.0. The van der Waals surface area contributed by atoms with Gasteiger partial charge in [0.1, 0.15) is 5.76 Å². The number of ether oxygens (including phenoxy) is 1. The fourth-order valence-corrected chi connectivity index (χ4v) is 9.05. The summed E-state index contributed by atoms with van der Waals surface area (Å²) in [5.41, 5.74) is 4.68. The molecule has 2 saturated heterocycles. The second-order valence-corrected chi connectivity index (χ2v) is 14.2. The number of fused-ring (bicyclic) bond motifs is 1. The van der Waals surface area contributed by atoms with Crippen LogP contribution in [-0.4, -0.2) is 72.9 Å². The van der Waals surface area contributed by atoms with Crippen molar-refractivity contribution in [1.82, 2.24) is 15.1 Å². The van der Waals surface area contributed by atoms with Gasteiger partial charge in [0, 0.05) is 50.9 Å². The summed E-state index contributed by atoms with van der Waals surface area (Å²) in [6.07, 6.45) is 12.3. The zero-order valence-corrected chi connectivity index (χ0v) is 24.2. The summed E-state index contributed by atoms with van der Waals surface area (Å²) in [7, 11) is 0. The normalized spacial score (nSPS) is 39.1. The van der Waals surface area contributed by atoms with Crippen molar-refractivity contribution in [3.8, 4) is 0 Å². The molecule has 0 aromatic rings. The Morgan fingerprint density at radius 1 is 1.05 bits per heavy atom. The number of aliphatic hydroxyl groups is 1. The number of nitrogens with zero attached hydrogens (tertiary/aromatic N) is 2. The van der Waals surface area contributed by atoms with Gasteiger partial charge in [-0.3, -0.25) is 4.90 Å². The summed E-state index contributed by atoms with van der Waals surface area (Å²) in [6.45, 7) is 21.1. The van der Waals surface area contributed by atoms with Gasteiger partial charge in [-0.2, -0.15) is 0 Å². The number of nitrogens with one attached hydrogen (secondary N) is 1. The Morgan fingerprint density at radius 3 is 2.61 bits per heavy atom. The Balaban J connectivity index is 1.11. The molecule has 2 saturated carbocycles. The van der Waals surface area contributed by atoms with Gasteiger partial charge in [-0.1, -0.05) is 38.2 Å². The van der Waals surface area contributed by atoms with Crippen LogP contribution in [0.15, 0.2) is 35.8 Å². The minimum absolute atomic E-state index is 0.129. The van der Waals surface area contributed by atoms with Crippen LogP contribution in [-0.2, 0) is 4.74 Å². The highest BCUT2D eigenvalue weighted by atomic mass is 16.5. The highest BCUT2D eigenvalue weighted by molar-refractivity contribution is 5.31. The van der Waals surface area contributed by atoms with Crippen LogP contribution in [0.4, 0.5) is 0 Å². The molecule has 4 fully saturated rings. The minimum Gasteiger partial charge on any atom is -0.511 e. The molecule has 212 valence electrons. The highest BCUT2D eigenvalue weighted by Crippen LogP contribution is 2.54. The molecular weight excluding hydrogens is 470 g/mol. The van der Waals surface area contributed by atoms with Crippen molar-refractivity contribution in [2.24, 2.45) is 41.4 Å². The van der Waals surface area contributed by atoms with E-state index in [1.54, 1.807) is 11.1 Å². The van der Waals surface area contributed by atoms with Gasteiger partial charge in [0.2, 0.25) is 0 Å². The van der Waals surface area contributed by atoms with Gasteiger partial charge in [0.05, 0.1) is 12.1 Å². The molecule has 0 aromatic carbocycles. The monoisotopic (exact) mass is 523 g/mol. The second kappa shape index (κ2) is 11.3. The van der Waals surface area contributed by atoms with Crippen molar-refractivity contribution in [2.75, 3.05) is 45.9 Å². The summed E-state index contributed by atoms with van der Waals surface area (Å²) in [5.74, 6) is 5.16. The third-order valence-electron chi connectivity index (χ3n) is 11.2. The summed E-state index contributed by atoms with van der Waals surface area (Å²) in [5, 5.41) is 14.2. The predicted octanol–water partition coefficient (Wildman–Crippen LogP) is 5.76. The van der Waals surface area contributed by atoms with Crippen molar-refractivity contribution >= 4 is 0 Å².